The molecule has 1 N–H and O–H groups in total. The van der Waals surface area contributed by atoms with Crippen molar-refractivity contribution in [2.75, 3.05) is 18.4 Å². The minimum atomic E-state index is -0.0252. The first-order valence-electron chi connectivity index (χ1n) is 6.64. The van der Waals surface area contributed by atoms with Crippen LogP contribution in [0.3, 0.4) is 0 Å². The van der Waals surface area contributed by atoms with Gasteiger partial charge in [0.15, 0.2) is 0 Å². The van der Waals surface area contributed by atoms with Gasteiger partial charge in [0.2, 0.25) is 11.8 Å². The zero-order valence-corrected chi connectivity index (χ0v) is 11.5. The van der Waals surface area contributed by atoms with Gasteiger partial charge >= 0.3 is 0 Å². The van der Waals surface area contributed by atoms with E-state index in [-0.39, 0.29) is 11.8 Å². The second-order valence-corrected chi connectivity index (χ2v) is 4.90. The zero-order chi connectivity index (χ0) is 13.8. The molecule has 0 unspecified atom stereocenters. The highest BCUT2D eigenvalue weighted by Gasteiger charge is 2.19. The Balaban J connectivity index is 1.73. The van der Waals surface area contributed by atoms with Crippen molar-refractivity contribution in [1.29, 1.82) is 0 Å². The molecule has 2 heterocycles. The van der Waals surface area contributed by atoms with Gasteiger partial charge in [-0.05, 0) is 19.8 Å². The van der Waals surface area contributed by atoms with Gasteiger partial charge in [-0.25, -0.2) is 0 Å². The van der Waals surface area contributed by atoms with E-state index in [2.05, 4.69) is 10.4 Å². The van der Waals surface area contributed by atoms with E-state index in [9.17, 15) is 9.59 Å². The number of anilines is 1. The van der Waals surface area contributed by atoms with Crippen LogP contribution in [0, 0.1) is 6.92 Å². The highest BCUT2D eigenvalue weighted by Crippen LogP contribution is 2.13. The van der Waals surface area contributed by atoms with Crippen molar-refractivity contribution in [1.82, 2.24) is 14.7 Å². The second-order valence-electron chi connectivity index (χ2n) is 4.90. The molecule has 0 aliphatic carbocycles. The SMILES string of the molecule is Cc1c(NC(=O)CCCN2CCCC2=O)cnn1C. The predicted molar refractivity (Wildman–Crippen MR) is 71.6 cm³/mol. The number of carbonyl (C=O) groups is 2. The number of aryl methyl sites for hydroxylation is 1. The van der Waals surface area contributed by atoms with Crippen molar-refractivity contribution in [2.24, 2.45) is 7.05 Å². The molecule has 2 rings (SSSR count). The molecule has 2 amide bonds. The molecule has 6 heteroatoms. The third-order valence-corrected chi connectivity index (χ3v) is 3.51. The molecule has 1 saturated heterocycles. The molecule has 6 nitrogen and oxygen atoms in total. The maximum Gasteiger partial charge on any atom is 0.224 e. The summed E-state index contributed by atoms with van der Waals surface area (Å²) in [5.41, 5.74) is 1.69. The number of hydrogen-bond acceptors (Lipinski definition) is 3. The lowest BCUT2D eigenvalue weighted by Crippen LogP contribution is -2.26. The molecule has 1 aromatic heterocycles. The van der Waals surface area contributed by atoms with Gasteiger partial charge in [-0.2, -0.15) is 5.10 Å². The maximum atomic E-state index is 11.8. The van der Waals surface area contributed by atoms with E-state index in [0.29, 0.717) is 25.8 Å². The van der Waals surface area contributed by atoms with Crippen LogP contribution in [0.2, 0.25) is 0 Å². The monoisotopic (exact) mass is 264 g/mol. The summed E-state index contributed by atoms with van der Waals surface area (Å²) in [6.45, 7) is 3.42. The molecule has 0 radical (unpaired) electrons. The second kappa shape index (κ2) is 5.86. The number of aromatic nitrogens is 2. The summed E-state index contributed by atoms with van der Waals surface area (Å²) in [7, 11) is 1.84. The molecule has 19 heavy (non-hydrogen) atoms. The Morgan fingerprint density at radius 1 is 1.53 bits per heavy atom. The number of hydrogen-bond donors (Lipinski definition) is 1. The Bertz CT molecular complexity index is 481. The zero-order valence-electron chi connectivity index (χ0n) is 11.5. The molecular weight excluding hydrogens is 244 g/mol. The van der Waals surface area contributed by atoms with Gasteiger partial charge in [0.1, 0.15) is 0 Å². The van der Waals surface area contributed by atoms with E-state index in [0.717, 1.165) is 24.3 Å². The van der Waals surface area contributed by atoms with Gasteiger partial charge in [0.05, 0.1) is 17.6 Å². The topological polar surface area (TPSA) is 67.2 Å². The average molecular weight is 264 g/mol. The van der Waals surface area contributed by atoms with E-state index in [1.54, 1.807) is 10.9 Å². The summed E-state index contributed by atoms with van der Waals surface area (Å²) in [6.07, 6.45) is 4.38. The Kier molecular flexibility index (Phi) is 4.19. The van der Waals surface area contributed by atoms with E-state index in [1.807, 2.05) is 18.9 Å². The molecule has 0 bridgehead atoms. The van der Waals surface area contributed by atoms with Crippen LogP contribution in [0.4, 0.5) is 5.69 Å². The Hall–Kier alpha value is -1.85. The molecule has 104 valence electrons. The highest BCUT2D eigenvalue weighted by molar-refractivity contribution is 5.91. The van der Waals surface area contributed by atoms with Crippen molar-refractivity contribution in [3.05, 3.63) is 11.9 Å². The van der Waals surface area contributed by atoms with Gasteiger partial charge in [0.25, 0.3) is 0 Å². The predicted octanol–water partition coefficient (Wildman–Crippen LogP) is 1.07. The van der Waals surface area contributed by atoms with Crippen LogP contribution in [-0.4, -0.2) is 39.6 Å². The van der Waals surface area contributed by atoms with Gasteiger partial charge < -0.3 is 10.2 Å². The number of carbonyl (C=O) groups excluding carboxylic acids is 2. The largest absolute Gasteiger partial charge is 0.343 e. The van der Waals surface area contributed by atoms with Crippen LogP contribution in [0.1, 0.15) is 31.4 Å². The van der Waals surface area contributed by atoms with Crippen LogP contribution in [0.5, 0.6) is 0 Å². The maximum absolute atomic E-state index is 11.8. The van der Waals surface area contributed by atoms with Crippen molar-refractivity contribution >= 4 is 17.5 Å². The summed E-state index contributed by atoms with van der Waals surface area (Å²) in [5.74, 6) is 0.186. The Morgan fingerprint density at radius 2 is 2.32 bits per heavy atom. The third kappa shape index (κ3) is 3.33. The summed E-state index contributed by atoms with van der Waals surface area (Å²) in [6, 6.07) is 0. The summed E-state index contributed by atoms with van der Waals surface area (Å²) < 4.78 is 1.72. The van der Waals surface area contributed by atoms with Crippen LogP contribution in [-0.2, 0) is 16.6 Å². The quantitative estimate of drug-likeness (QED) is 0.865. The lowest BCUT2D eigenvalue weighted by atomic mass is 10.2. The van der Waals surface area contributed by atoms with E-state index >= 15 is 0 Å². The first-order valence-corrected chi connectivity index (χ1v) is 6.64. The summed E-state index contributed by atoms with van der Waals surface area (Å²) in [4.78, 5) is 25.0. The number of amides is 2. The minimum Gasteiger partial charge on any atom is -0.343 e. The van der Waals surface area contributed by atoms with E-state index < -0.39 is 0 Å². The smallest absolute Gasteiger partial charge is 0.224 e. The van der Waals surface area contributed by atoms with E-state index in [1.165, 1.54) is 0 Å². The fourth-order valence-electron chi connectivity index (χ4n) is 2.21. The molecular formula is C13H20N4O2. The first kappa shape index (κ1) is 13.6. The number of rotatable bonds is 5. The van der Waals surface area contributed by atoms with Crippen LogP contribution >= 0.6 is 0 Å². The average Bonchev–Trinajstić information content (AvgIpc) is 2.91. The lowest BCUT2D eigenvalue weighted by molar-refractivity contribution is -0.128. The van der Waals surface area contributed by atoms with Crippen molar-refractivity contribution in [3.63, 3.8) is 0 Å². The van der Waals surface area contributed by atoms with Gasteiger partial charge in [-0.1, -0.05) is 0 Å². The fourth-order valence-corrected chi connectivity index (χ4v) is 2.21. The van der Waals surface area contributed by atoms with Crippen LogP contribution in [0.15, 0.2) is 6.20 Å². The Morgan fingerprint density at radius 3 is 2.89 bits per heavy atom. The first-order chi connectivity index (χ1) is 9.08. The van der Waals surface area contributed by atoms with Gasteiger partial charge in [-0.3, -0.25) is 14.3 Å². The highest BCUT2D eigenvalue weighted by atomic mass is 16.2. The minimum absolute atomic E-state index is 0.0252. The normalized spacial score (nSPS) is 15.1. The number of likely N-dealkylation sites (tertiary alicyclic amines) is 1. The number of nitrogens with one attached hydrogen (secondary N) is 1. The van der Waals surface area contributed by atoms with Crippen LogP contribution < -0.4 is 5.32 Å². The standard InChI is InChI=1S/C13H20N4O2/c1-10-11(9-14-16(10)2)15-12(18)5-3-7-17-8-4-6-13(17)19/h9H,3-8H2,1-2H3,(H,15,18). The summed E-state index contributed by atoms with van der Waals surface area (Å²) >= 11 is 0. The Labute approximate surface area is 112 Å². The van der Waals surface area contributed by atoms with Gasteiger partial charge in [-0.15, -0.1) is 0 Å². The molecule has 1 aromatic rings. The molecule has 0 spiro atoms. The van der Waals surface area contributed by atoms with Crippen LogP contribution in [0.25, 0.3) is 0 Å². The van der Waals surface area contributed by atoms with Crippen molar-refractivity contribution in [2.45, 2.75) is 32.6 Å². The molecule has 1 aliphatic rings. The molecule has 0 aromatic carbocycles. The molecule has 1 fully saturated rings. The third-order valence-electron chi connectivity index (χ3n) is 3.51. The lowest BCUT2D eigenvalue weighted by Gasteiger charge is -2.14. The van der Waals surface area contributed by atoms with Crippen molar-refractivity contribution < 1.29 is 9.59 Å². The summed E-state index contributed by atoms with van der Waals surface area (Å²) in [5, 5.41) is 6.91. The van der Waals surface area contributed by atoms with Gasteiger partial charge in [0, 0.05) is 33.0 Å². The number of nitrogens with zero attached hydrogens (tertiary/aromatic N) is 3. The van der Waals surface area contributed by atoms with E-state index in [4.69, 9.17) is 0 Å². The molecule has 0 atom stereocenters. The molecule has 0 saturated carbocycles. The molecule has 1 aliphatic heterocycles. The van der Waals surface area contributed by atoms with Crippen molar-refractivity contribution in [3.8, 4) is 0 Å². The fraction of sp³-hybridized carbons (Fsp3) is 0.615.